The lowest BCUT2D eigenvalue weighted by Gasteiger charge is -2.44. The topological polar surface area (TPSA) is 46.5 Å². The molecule has 1 atom stereocenters. The van der Waals surface area contributed by atoms with Gasteiger partial charge in [0.2, 0.25) is 0 Å². The number of hydrogen-bond acceptors (Lipinski definition) is 3. The summed E-state index contributed by atoms with van der Waals surface area (Å²) in [5, 5.41) is 4.32. The number of carbonyl (C=O) groups excluding carboxylic acids is 1. The largest absolute Gasteiger partial charge is 0.383 e. The SMILES string of the molecule is COCCn1ccc2c(C(=O)NC3CN4CCC3CC4)cccc21. The van der Waals surface area contributed by atoms with Crippen LogP contribution in [0.3, 0.4) is 0 Å². The van der Waals surface area contributed by atoms with Crippen molar-refractivity contribution in [3.05, 3.63) is 36.0 Å². The third-order valence-corrected chi connectivity index (χ3v) is 5.57. The van der Waals surface area contributed by atoms with Gasteiger partial charge in [-0.15, -0.1) is 0 Å². The zero-order valence-corrected chi connectivity index (χ0v) is 14.2. The van der Waals surface area contributed by atoms with Crippen molar-refractivity contribution in [2.24, 2.45) is 5.92 Å². The summed E-state index contributed by atoms with van der Waals surface area (Å²) < 4.78 is 7.31. The van der Waals surface area contributed by atoms with Gasteiger partial charge in [0, 0.05) is 48.9 Å². The van der Waals surface area contributed by atoms with E-state index in [-0.39, 0.29) is 5.91 Å². The smallest absolute Gasteiger partial charge is 0.252 e. The number of aromatic nitrogens is 1. The van der Waals surface area contributed by atoms with Crippen LogP contribution in [0.25, 0.3) is 10.9 Å². The molecule has 1 amide bonds. The normalized spacial score (nSPS) is 26.0. The summed E-state index contributed by atoms with van der Waals surface area (Å²) in [5.74, 6) is 0.702. The van der Waals surface area contributed by atoms with Crippen LogP contribution in [0.4, 0.5) is 0 Å². The predicted octanol–water partition coefficient (Wildman–Crippen LogP) is 2.11. The monoisotopic (exact) mass is 327 g/mol. The summed E-state index contributed by atoms with van der Waals surface area (Å²) >= 11 is 0. The Hall–Kier alpha value is -1.85. The molecule has 1 unspecified atom stereocenters. The van der Waals surface area contributed by atoms with Gasteiger partial charge in [-0.05, 0) is 50.0 Å². The van der Waals surface area contributed by atoms with Crippen molar-refractivity contribution in [3.63, 3.8) is 0 Å². The van der Waals surface area contributed by atoms with Crippen molar-refractivity contribution >= 4 is 16.8 Å². The number of fused-ring (bicyclic) bond motifs is 4. The van der Waals surface area contributed by atoms with Gasteiger partial charge >= 0.3 is 0 Å². The average Bonchev–Trinajstić information content (AvgIpc) is 3.04. The first-order valence-corrected chi connectivity index (χ1v) is 8.86. The van der Waals surface area contributed by atoms with Gasteiger partial charge in [0.15, 0.2) is 0 Å². The third kappa shape index (κ3) is 2.82. The maximum absolute atomic E-state index is 12.9. The lowest BCUT2D eigenvalue weighted by atomic mass is 9.84. The number of hydrogen-bond donors (Lipinski definition) is 1. The van der Waals surface area contributed by atoms with E-state index in [0.717, 1.165) is 29.6 Å². The predicted molar refractivity (Wildman–Crippen MR) is 94.2 cm³/mol. The standard InChI is InChI=1S/C19H25N3O2/c1-24-12-11-22-10-7-15-16(3-2-4-18(15)22)19(23)20-17-13-21-8-5-14(17)6-9-21/h2-4,7,10,14,17H,5-6,8-9,11-13H2,1H3,(H,20,23). The molecule has 3 fully saturated rings. The van der Waals surface area contributed by atoms with Gasteiger partial charge in [0.25, 0.3) is 5.91 Å². The third-order valence-electron chi connectivity index (χ3n) is 5.57. The van der Waals surface area contributed by atoms with Crippen LogP contribution >= 0.6 is 0 Å². The van der Waals surface area contributed by atoms with E-state index < -0.39 is 0 Å². The first kappa shape index (κ1) is 15.7. The van der Waals surface area contributed by atoms with Gasteiger partial charge in [-0.3, -0.25) is 4.79 Å². The Labute approximate surface area is 142 Å². The molecular weight excluding hydrogens is 302 g/mol. The number of ether oxygens (including phenoxy) is 1. The van der Waals surface area contributed by atoms with E-state index in [9.17, 15) is 4.79 Å². The van der Waals surface area contributed by atoms with E-state index in [2.05, 4.69) is 20.9 Å². The number of nitrogens with one attached hydrogen (secondary N) is 1. The Bertz CT molecular complexity index is 731. The highest BCUT2D eigenvalue weighted by molar-refractivity contribution is 6.06. The highest BCUT2D eigenvalue weighted by Gasteiger charge is 2.35. The molecule has 1 aromatic carbocycles. The quantitative estimate of drug-likeness (QED) is 0.915. The first-order valence-electron chi connectivity index (χ1n) is 8.86. The minimum absolute atomic E-state index is 0.0591. The van der Waals surface area contributed by atoms with E-state index in [1.54, 1.807) is 7.11 Å². The van der Waals surface area contributed by atoms with Crippen molar-refractivity contribution in [1.82, 2.24) is 14.8 Å². The molecule has 4 heterocycles. The minimum atomic E-state index is 0.0591. The fourth-order valence-electron chi connectivity index (χ4n) is 4.18. The number of benzene rings is 1. The van der Waals surface area contributed by atoms with Crippen LogP contribution in [0, 0.1) is 5.92 Å². The fourth-order valence-corrected chi connectivity index (χ4v) is 4.18. The number of amides is 1. The van der Waals surface area contributed by atoms with E-state index in [0.29, 0.717) is 18.6 Å². The van der Waals surface area contributed by atoms with Crippen LogP contribution in [0.15, 0.2) is 30.5 Å². The van der Waals surface area contributed by atoms with E-state index >= 15 is 0 Å². The Balaban J connectivity index is 1.55. The first-order chi connectivity index (χ1) is 11.8. The molecule has 3 aliphatic rings. The number of rotatable bonds is 5. The molecular formula is C19H25N3O2. The van der Waals surface area contributed by atoms with Crippen molar-refractivity contribution in [3.8, 4) is 0 Å². The second-order valence-electron chi connectivity index (χ2n) is 6.96. The molecule has 0 spiro atoms. The second-order valence-corrected chi connectivity index (χ2v) is 6.96. The lowest BCUT2D eigenvalue weighted by Crippen LogP contribution is -2.57. The number of carbonyl (C=O) groups is 1. The molecule has 5 rings (SSSR count). The van der Waals surface area contributed by atoms with Gasteiger partial charge in [0.05, 0.1) is 6.61 Å². The second kappa shape index (κ2) is 6.57. The van der Waals surface area contributed by atoms with Gasteiger partial charge in [0.1, 0.15) is 0 Å². The number of nitrogens with zero attached hydrogens (tertiary/aromatic N) is 2. The van der Waals surface area contributed by atoms with Crippen molar-refractivity contribution < 1.29 is 9.53 Å². The molecule has 0 radical (unpaired) electrons. The van der Waals surface area contributed by atoms with Crippen LogP contribution in [0.2, 0.25) is 0 Å². The van der Waals surface area contributed by atoms with E-state index in [4.69, 9.17) is 4.74 Å². The van der Waals surface area contributed by atoms with Gasteiger partial charge in [-0.2, -0.15) is 0 Å². The minimum Gasteiger partial charge on any atom is -0.383 e. The molecule has 3 aliphatic heterocycles. The Morgan fingerprint density at radius 2 is 2.12 bits per heavy atom. The molecule has 128 valence electrons. The van der Waals surface area contributed by atoms with E-state index in [1.165, 1.54) is 25.9 Å². The van der Waals surface area contributed by atoms with Crippen LogP contribution in [0.1, 0.15) is 23.2 Å². The summed E-state index contributed by atoms with van der Waals surface area (Å²) in [5.41, 5.74) is 1.87. The summed E-state index contributed by atoms with van der Waals surface area (Å²) in [7, 11) is 1.71. The van der Waals surface area contributed by atoms with Crippen LogP contribution in [-0.4, -0.2) is 54.8 Å². The maximum atomic E-state index is 12.9. The fraction of sp³-hybridized carbons (Fsp3) is 0.526. The Kier molecular flexibility index (Phi) is 4.29. The van der Waals surface area contributed by atoms with Crippen molar-refractivity contribution in [2.75, 3.05) is 33.4 Å². The Morgan fingerprint density at radius 3 is 2.83 bits per heavy atom. The maximum Gasteiger partial charge on any atom is 0.252 e. The molecule has 0 aliphatic carbocycles. The molecule has 1 aromatic heterocycles. The summed E-state index contributed by atoms with van der Waals surface area (Å²) in [6, 6.07) is 8.30. The van der Waals surface area contributed by atoms with Gasteiger partial charge in [-0.1, -0.05) is 6.07 Å². The number of methoxy groups -OCH3 is 1. The highest BCUT2D eigenvalue weighted by atomic mass is 16.5. The Morgan fingerprint density at radius 1 is 1.29 bits per heavy atom. The zero-order chi connectivity index (χ0) is 16.5. The molecule has 3 saturated heterocycles. The van der Waals surface area contributed by atoms with E-state index in [1.807, 2.05) is 24.4 Å². The van der Waals surface area contributed by atoms with Crippen LogP contribution in [0.5, 0.6) is 0 Å². The summed E-state index contributed by atoms with van der Waals surface area (Å²) in [6.45, 7) is 4.84. The van der Waals surface area contributed by atoms with Crippen LogP contribution < -0.4 is 5.32 Å². The lowest BCUT2D eigenvalue weighted by molar-refractivity contribution is 0.0621. The van der Waals surface area contributed by atoms with Gasteiger partial charge in [-0.25, -0.2) is 0 Å². The molecule has 5 heteroatoms. The number of piperidine rings is 3. The molecule has 1 N–H and O–H groups in total. The average molecular weight is 327 g/mol. The molecule has 2 aromatic rings. The van der Waals surface area contributed by atoms with Crippen molar-refractivity contribution in [1.29, 1.82) is 0 Å². The van der Waals surface area contributed by atoms with Gasteiger partial charge < -0.3 is 19.5 Å². The zero-order valence-electron chi connectivity index (χ0n) is 14.2. The van der Waals surface area contributed by atoms with Crippen LogP contribution in [-0.2, 0) is 11.3 Å². The molecule has 24 heavy (non-hydrogen) atoms. The summed E-state index contributed by atoms with van der Waals surface area (Å²) in [4.78, 5) is 15.3. The highest BCUT2D eigenvalue weighted by Crippen LogP contribution is 2.28. The molecule has 2 bridgehead atoms. The summed E-state index contributed by atoms with van der Waals surface area (Å²) in [6.07, 6.45) is 4.46. The van der Waals surface area contributed by atoms with Crippen molar-refractivity contribution in [2.45, 2.75) is 25.4 Å². The molecule has 0 saturated carbocycles. The molecule has 5 nitrogen and oxygen atoms in total.